The van der Waals surface area contributed by atoms with E-state index >= 15 is 0 Å². The molecule has 0 spiro atoms. The Hall–Kier alpha value is -3.28. The highest BCUT2D eigenvalue weighted by Gasteiger charge is 2.53. The normalized spacial score (nSPS) is 27.0. The van der Waals surface area contributed by atoms with Crippen LogP contribution in [0.3, 0.4) is 0 Å². The van der Waals surface area contributed by atoms with Crippen LogP contribution >= 0.6 is 0 Å². The Morgan fingerprint density at radius 2 is 1.65 bits per heavy atom. The van der Waals surface area contributed by atoms with E-state index in [1.54, 1.807) is 6.07 Å². The second-order valence-corrected chi connectivity index (χ2v) is 9.77. The molecule has 6 rings (SSSR count). The summed E-state index contributed by atoms with van der Waals surface area (Å²) in [6.07, 6.45) is -0.898. The molecule has 2 saturated carbocycles. The summed E-state index contributed by atoms with van der Waals surface area (Å²) in [5.74, 6) is 1.53. The Morgan fingerprint density at radius 3 is 2.44 bits per heavy atom. The van der Waals surface area contributed by atoms with Crippen molar-refractivity contribution < 1.29 is 18.0 Å². The maximum absolute atomic E-state index is 13.4. The summed E-state index contributed by atoms with van der Waals surface area (Å²) in [5.41, 5.74) is 2.74. The summed E-state index contributed by atoms with van der Waals surface area (Å²) in [4.78, 5) is 13.0. The van der Waals surface area contributed by atoms with Crippen LogP contribution in [0.4, 0.5) is 24.5 Å². The van der Waals surface area contributed by atoms with Crippen LogP contribution in [0.25, 0.3) is 0 Å². The minimum Gasteiger partial charge on any atom is -0.378 e. The van der Waals surface area contributed by atoms with Crippen LogP contribution in [0.2, 0.25) is 0 Å². The lowest BCUT2D eigenvalue weighted by Gasteiger charge is -2.43. The molecule has 1 aliphatic heterocycles. The van der Waals surface area contributed by atoms with Gasteiger partial charge in [-0.05, 0) is 84.4 Å². The molecule has 2 bridgehead atoms. The van der Waals surface area contributed by atoms with Gasteiger partial charge in [-0.3, -0.25) is 4.79 Å². The van der Waals surface area contributed by atoms with Crippen molar-refractivity contribution in [2.75, 3.05) is 10.6 Å². The fourth-order valence-electron chi connectivity index (χ4n) is 6.65. The molecule has 1 amide bonds. The summed E-state index contributed by atoms with van der Waals surface area (Å²) < 4.78 is 40.1. The van der Waals surface area contributed by atoms with Crippen molar-refractivity contribution in [3.8, 4) is 0 Å². The van der Waals surface area contributed by atoms with Crippen molar-refractivity contribution in [3.63, 3.8) is 0 Å². The van der Waals surface area contributed by atoms with Crippen molar-refractivity contribution in [2.24, 2.45) is 17.8 Å². The van der Waals surface area contributed by atoms with E-state index in [0.29, 0.717) is 29.2 Å². The molecule has 3 aromatic carbocycles. The molecular weight excluding hydrogens is 437 g/mol. The Kier molecular flexibility index (Phi) is 4.94. The summed E-state index contributed by atoms with van der Waals surface area (Å²) in [7, 11) is 0. The van der Waals surface area contributed by atoms with E-state index in [4.69, 9.17) is 0 Å². The molecule has 5 atom stereocenters. The molecule has 2 aliphatic carbocycles. The highest BCUT2D eigenvalue weighted by Crippen LogP contribution is 2.63. The van der Waals surface area contributed by atoms with Gasteiger partial charge in [0.15, 0.2) is 0 Å². The van der Waals surface area contributed by atoms with Gasteiger partial charge in [-0.15, -0.1) is 0 Å². The fraction of sp³-hybridized carbons (Fsp3) is 0.321. The zero-order valence-corrected chi connectivity index (χ0v) is 18.5. The van der Waals surface area contributed by atoms with Crippen LogP contribution in [0.5, 0.6) is 0 Å². The molecule has 6 heteroatoms. The molecular formula is C28H25F3N2O. The Labute approximate surface area is 196 Å². The van der Waals surface area contributed by atoms with E-state index in [0.717, 1.165) is 17.3 Å². The van der Waals surface area contributed by atoms with Gasteiger partial charge in [-0.1, -0.05) is 42.5 Å². The number of hydrogen-bond acceptors (Lipinski definition) is 2. The lowest BCUT2D eigenvalue weighted by molar-refractivity contribution is -0.136. The Balaban J connectivity index is 1.34. The first-order valence-electron chi connectivity index (χ1n) is 11.8. The number of hydrogen-bond donors (Lipinski definition) is 2. The van der Waals surface area contributed by atoms with Gasteiger partial charge in [0, 0.05) is 11.3 Å². The maximum atomic E-state index is 13.4. The van der Waals surface area contributed by atoms with Crippen molar-refractivity contribution in [1.29, 1.82) is 0 Å². The topological polar surface area (TPSA) is 41.1 Å². The third-order valence-electron chi connectivity index (χ3n) is 7.99. The van der Waals surface area contributed by atoms with Gasteiger partial charge in [-0.2, -0.15) is 13.2 Å². The number of anilines is 2. The number of alkyl halides is 3. The van der Waals surface area contributed by atoms with Crippen LogP contribution < -0.4 is 10.6 Å². The van der Waals surface area contributed by atoms with Crippen molar-refractivity contribution in [3.05, 3.63) is 95.1 Å². The SMILES string of the molecule is O=C(Nc1ccccc1C(F)(F)F)c1ccc2c(c1)[C@@H]1[C@H]3CC[C@@H](C3)[C@@H]1[C@@H](c1ccccc1)N2. The van der Waals surface area contributed by atoms with Crippen molar-refractivity contribution in [1.82, 2.24) is 0 Å². The summed E-state index contributed by atoms with van der Waals surface area (Å²) in [6.45, 7) is 0. The standard InChI is InChI=1S/C28H25F3N2O/c29-28(30,31)21-8-4-5-9-23(21)33-27(34)19-12-13-22-20(15-19)24-17-10-11-18(14-17)25(24)26(32-22)16-6-2-1-3-7-16/h1-9,12-13,15,17-18,24-26,32H,10-11,14H2,(H,33,34)/t17-,18-,24-,25-,26+/m0/s1. The highest BCUT2D eigenvalue weighted by molar-refractivity contribution is 6.05. The zero-order valence-electron chi connectivity index (χ0n) is 18.5. The Morgan fingerprint density at radius 1 is 0.912 bits per heavy atom. The number of carbonyl (C=O) groups is 1. The number of para-hydroxylation sites is 1. The number of benzene rings is 3. The number of halogens is 3. The van der Waals surface area contributed by atoms with E-state index in [-0.39, 0.29) is 11.7 Å². The van der Waals surface area contributed by atoms with E-state index in [2.05, 4.69) is 34.9 Å². The van der Waals surface area contributed by atoms with E-state index < -0.39 is 17.6 Å². The first-order valence-corrected chi connectivity index (χ1v) is 11.8. The molecule has 34 heavy (non-hydrogen) atoms. The fourth-order valence-corrected chi connectivity index (χ4v) is 6.65. The van der Waals surface area contributed by atoms with Gasteiger partial charge < -0.3 is 10.6 Å². The van der Waals surface area contributed by atoms with Gasteiger partial charge in [0.2, 0.25) is 0 Å². The molecule has 0 saturated heterocycles. The average Bonchev–Trinajstić information content (AvgIpc) is 3.46. The molecule has 0 aromatic heterocycles. The minimum atomic E-state index is -4.54. The predicted octanol–water partition coefficient (Wildman–Crippen LogP) is 7.25. The molecule has 0 unspecified atom stereocenters. The van der Waals surface area contributed by atoms with E-state index in [9.17, 15) is 18.0 Å². The number of rotatable bonds is 3. The van der Waals surface area contributed by atoms with E-state index in [1.165, 1.54) is 43.0 Å². The predicted molar refractivity (Wildman–Crippen MR) is 126 cm³/mol. The minimum absolute atomic E-state index is 0.224. The lowest BCUT2D eigenvalue weighted by Crippen LogP contribution is -2.35. The summed E-state index contributed by atoms with van der Waals surface area (Å²) >= 11 is 0. The Bertz CT molecular complexity index is 1240. The number of amides is 1. The van der Waals surface area contributed by atoms with Crippen molar-refractivity contribution >= 4 is 17.3 Å². The third-order valence-corrected chi connectivity index (χ3v) is 7.99. The molecule has 2 N–H and O–H groups in total. The first-order chi connectivity index (χ1) is 16.4. The number of carbonyl (C=O) groups excluding carboxylic acids is 1. The summed E-state index contributed by atoms with van der Waals surface area (Å²) in [6, 6.07) is 21.3. The zero-order chi connectivity index (χ0) is 23.4. The van der Waals surface area contributed by atoms with Gasteiger partial charge in [0.05, 0.1) is 17.3 Å². The van der Waals surface area contributed by atoms with Crippen molar-refractivity contribution in [2.45, 2.75) is 37.4 Å². The monoisotopic (exact) mass is 462 g/mol. The molecule has 3 aromatic rings. The molecule has 0 radical (unpaired) electrons. The largest absolute Gasteiger partial charge is 0.418 e. The van der Waals surface area contributed by atoms with Gasteiger partial charge in [0.1, 0.15) is 0 Å². The quantitative estimate of drug-likeness (QED) is 0.430. The van der Waals surface area contributed by atoms with Crippen LogP contribution in [0, 0.1) is 17.8 Å². The molecule has 174 valence electrons. The average molecular weight is 463 g/mol. The molecule has 2 fully saturated rings. The maximum Gasteiger partial charge on any atom is 0.418 e. The summed E-state index contributed by atoms with van der Waals surface area (Å²) in [5, 5.41) is 6.22. The van der Waals surface area contributed by atoms with Crippen LogP contribution in [0.1, 0.15) is 58.3 Å². The van der Waals surface area contributed by atoms with Gasteiger partial charge in [-0.25, -0.2) is 0 Å². The first kappa shape index (κ1) is 21.3. The molecule has 3 aliphatic rings. The van der Waals surface area contributed by atoms with Crippen LogP contribution in [-0.4, -0.2) is 5.91 Å². The number of nitrogens with one attached hydrogen (secondary N) is 2. The van der Waals surface area contributed by atoms with Crippen LogP contribution in [-0.2, 0) is 6.18 Å². The second-order valence-electron chi connectivity index (χ2n) is 9.77. The highest BCUT2D eigenvalue weighted by atomic mass is 19.4. The molecule has 3 nitrogen and oxygen atoms in total. The van der Waals surface area contributed by atoms with Gasteiger partial charge >= 0.3 is 6.18 Å². The van der Waals surface area contributed by atoms with Gasteiger partial charge in [0.25, 0.3) is 5.91 Å². The third kappa shape index (κ3) is 3.47. The van der Waals surface area contributed by atoms with Crippen LogP contribution in [0.15, 0.2) is 72.8 Å². The lowest BCUT2D eigenvalue weighted by atomic mass is 9.68. The second kappa shape index (κ2) is 7.90. The smallest absolute Gasteiger partial charge is 0.378 e. The number of fused-ring (bicyclic) bond motifs is 7. The van der Waals surface area contributed by atoms with E-state index in [1.807, 2.05) is 18.2 Å². The molecule has 1 heterocycles.